The largest absolute Gasteiger partial charge is 0.339 e. The smallest absolute Gasteiger partial charge is 0.324 e. The average Bonchev–Trinajstić information content (AvgIpc) is 2.57. The Labute approximate surface area is 170 Å². The molecule has 2 N–H and O–H groups in total. The van der Waals surface area contributed by atoms with Crippen LogP contribution in [0.3, 0.4) is 0 Å². The Morgan fingerprint density at radius 2 is 1.25 bits per heavy atom. The van der Waals surface area contributed by atoms with Gasteiger partial charge in [0.2, 0.25) is 0 Å². The minimum atomic E-state index is -4.03. The van der Waals surface area contributed by atoms with E-state index in [0.29, 0.717) is 25.4 Å². The number of carbonyl (C=O) groups is 1. The average molecular weight is 419 g/mol. The van der Waals surface area contributed by atoms with Crippen molar-refractivity contribution in [2.24, 2.45) is 5.41 Å². The third-order valence-electron chi connectivity index (χ3n) is 5.68. The molecule has 2 heterocycles. The summed E-state index contributed by atoms with van der Waals surface area (Å²) >= 11 is 0. The molecule has 2 fully saturated rings. The molecule has 0 aromatic carbocycles. The molecule has 2 aliphatic rings. The summed E-state index contributed by atoms with van der Waals surface area (Å²) in [5.41, 5.74) is -0.301. The van der Waals surface area contributed by atoms with Crippen LogP contribution in [0.1, 0.15) is 33.6 Å². The van der Waals surface area contributed by atoms with Crippen LogP contribution in [0.4, 0.5) is 0 Å². The lowest BCUT2D eigenvalue weighted by atomic mass is 9.90. The first-order valence-electron chi connectivity index (χ1n) is 10.5. The molecule has 8 nitrogen and oxygen atoms in total. The normalized spacial score (nSPS) is 27.5. The number of hydrogen-bond acceptors (Lipinski definition) is 6. The van der Waals surface area contributed by atoms with E-state index in [1.165, 1.54) is 0 Å². The molecule has 2 aliphatic heterocycles. The second kappa shape index (κ2) is 10.6. The summed E-state index contributed by atoms with van der Waals surface area (Å²) in [6.45, 7) is 15.3. The Bertz CT molecular complexity index is 549. The van der Waals surface area contributed by atoms with Crippen LogP contribution in [0.2, 0.25) is 0 Å². The lowest BCUT2D eigenvalue weighted by molar-refractivity contribution is -0.127. The van der Waals surface area contributed by atoms with E-state index in [2.05, 4.69) is 14.7 Å². The molecule has 2 atom stereocenters. The maximum atomic E-state index is 12.5. The van der Waals surface area contributed by atoms with Gasteiger partial charge < -0.3 is 19.6 Å². The molecule has 2 unspecified atom stereocenters. The van der Waals surface area contributed by atoms with E-state index in [4.69, 9.17) is 0 Å². The zero-order valence-electron chi connectivity index (χ0n) is 17.8. The zero-order chi connectivity index (χ0) is 20.8. The van der Waals surface area contributed by atoms with Gasteiger partial charge in [0.05, 0.1) is 6.54 Å². The molecular formula is C19H39N4O4P. The number of Topliss-reactive ketones (excluding diaryl/α,β-unsaturated/α-hetero) is 1. The molecule has 0 saturated carbocycles. The third kappa shape index (κ3) is 8.99. The van der Waals surface area contributed by atoms with Crippen LogP contribution in [0.25, 0.3) is 0 Å². The molecule has 164 valence electrons. The van der Waals surface area contributed by atoms with Crippen molar-refractivity contribution in [2.75, 3.05) is 78.3 Å². The number of nitrogens with zero attached hydrogens (tertiary/aromatic N) is 4. The Balaban J connectivity index is 1.99. The molecule has 0 aliphatic carbocycles. The van der Waals surface area contributed by atoms with Crippen molar-refractivity contribution in [3.05, 3.63) is 0 Å². The maximum Gasteiger partial charge on any atom is 0.339 e. The first-order valence-corrected chi connectivity index (χ1v) is 12.3. The monoisotopic (exact) mass is 418 g/mol. The van der Waals surface area contributed by atoms with Gasteiger partial charge in [-0.25, -0.2) is 0 Å². The summed E-state index contributed by atoms with van der Waals surface area (Å²) in [6, 6.07) is 0. The van der Waals surface area contributed by atoms with Crippen molar-refractivity contribution >= 4 is 13.4 Å². The minimum absolute atomic E-state index is 0.149. The van der Waals surface area contributed by atoms with E-state index in [0.717, 1.165) is 65.2 Å². The molecule has 0 aromatic rings. The summed E-state index contributed by atoms with van der Waals surface area (Å²) in [5, 5.41) is 0. The topological polar surface area (TPSA) is 87.6 Å². The van der Waals surface area contributed by atoms with Crippen LogP contribution >= 0.6 is 7.60 Å². The highest BCUT2D eigenvalue weighted by atomic mass is 31.2. The Morgan fingerprint density at radius 1 is 0.786 bits per heavy atom. The van der Waals surface area contributed by atoms with Gasteiger partial charge in [-0.2, -0.15) is 0 Å². The third-order valence-corrected chi connectivity index (χ3v) is 6.45. The van der Waals surface area contributed by atoms with E-state index in [-0.39, 0.29) is 11.7 Å². The maximum absolute atomic E-state index is 12.5. The number of fused-ring (bicyclic) bond motifs is 3. The summed E-state index contributed by atoms with van der Waals surface area (Å²) < 4.78 is 11.4. The highest BCUT2D eigenvalue weighted by Gasteiger charge is 2.25. The minimum Gasteiger partial charge on any atom is -0.324 e. The van der Waals surface area contributed by atoms with Gasteiger partial charge >= 0.3 is 7.60 Å². The fourth-order valence-electron chi connectivity index (χ4n) is 3.78. The Hall–Kier alpha value is -0.340. The molecule has 9 heteroatoms. The van der Waals surface area contributed by atoms with Gasteiger partial charge in [0.1, 0.15) is 6.29 Å². The molecule has 2 saturated heterocycles. The molecule has 0 amide bonds. The summed E-state index contributed by atoms with van der Waals surface area (Å²) in [7, 11) is -4.03. The first kappa shape index (κ1) is 23.9. The molecule has 0 radical (unpaired) electrons. The van der Waals surface area contributed by atoms with Crippen molar-refractivity contribution in [1.29, 1.82) is 0 Å². The number of ketones is 1. The standard InChI is InChI=1S/C19H39N4O4P/c1-19(2,3)18(24)16-22-8-4-6-21-11-10-20(12-14-22)7-5-9-23(15-13-21)17-28(25,26)27/h4-17H2,1-3H3,(H2,25,26,27). The molecule has 2 bridgehead atoms. The van der Waals surface area contributed by atoms with Gasteiger partial charge in [-0.3, -0.25) is 19.2 Å². The highest BCUT2D eigenvalue weighted by Crippen LogP contribution is 2.35. The van der Waals surface area contributed by atoms with Crippen molar-refractivity contribution in [1.82, 2.24) is 19.6 Å². The lowest BCUT2D eigenvalue weighted by Crippen LogP contribution is -2.48. The van der Waals surface area contributed by atoms with Crippen molar-refractivity contribution < 1.29 is 19.1 Å². The van der Waals surface area contributed by atoms with Crippen LogP contribution in [-0.2, 0) is 9.36 Å². The zero-order valence-corrected chi connectivity index (χ0v) is 18.7. The van der Waals surface area contributed by atoms with Crippen molar-refractivity contribution in [2.45, 2.75) is 33.6 Å². The van der Waals surface area contributed by atoms with Crippen molar-refractivity contribution in [3.8, 4) is 0 Å². The highest BCUT2D eigenvalue weighted by molar-refractivity contribution is 7.51. The second-order valence-corrected chi connectivity index (χ2v) is 10.9. The van der Waals surface area contributed by atoms with E-state index in [1.807, 2.05) is 25.7 Å². The second-order valence-electron chi connectivity index (χ2n) is 9.26. The van der Waals surface area contributed by atoms with Crippen LogP contribution < -0.4 is 0 Å². The number of rotatable bonds is 4. The van der Waals surface area contributed by atoms with Gasteiger partial charge in [0.15, 0.2) is 5.78 Å². The molecule has 28 heavy (non-hydrogen) atoms. The predicted octanol–water partition coefficient (Wildman–Crippen LogP) is 0.752. The molecule has 0 aromatic heterocycles. The number of hydrogen-bond donors (Lipinski definition) is 2. The summed E-state index contributed by atoms with van der Waals surface area (Å²) in [5.74, 6) is 0.294. The SMILES string of the molecule is CC(C)(C)C(=O)CN1CCCN2CCN(CCCN(CP(=O)(O)O)CC2)CC1. The van der Waals surface area contributed by atoms with Crippen LogP contribution in [0.5, 0.6) is 0 Å². The van der Waals surface area contributed by atoms with Crippen molar-refractivity contribution in [3.63, 3.8) is 0 Å². The van der Waals surface area contributed by atoms with Crippen LogP contribution in [0, 0.1) is 5.41 Å². The fraction of sp³-hybridized carbons (Fsp3) is 0.947. The van der Waals surface area contributed by atoms with E-state index < -0.39 is 7.60 Å². The fourth-order valence-corrected chi connectivity index (χ4v) is 4.58. The van der Waals surface area contributed by atoms with E-state index >= 15 is 0 Å². The van der Waals surface area contributed by atoms with Crippen LogP contribution in [0.15, 0.2) is 0 Å². The number of carbonyl (C=O) groups excluding carboxylic acids is 1. The quantitative estimate of drug-likeness (QED) is 0.647. The predicted molar refractivity (Wildman–Crippen MR) is 112 cm³/mol. The van der Waals surface area contributed by atoms with Gasteiger partial charge in [-0.05, 0) is 32.5 Å². The van der Waals surface area contributed by atoms with Gasteiger partial charge in [-0.1, -0.05) is 20.8 Å². The van der Waals surface area contributed by atoms with E-state index in [9.17, 15) is 19.1 Å². The van der Waals surface area contributed by atoms with Gasteiger partial charge in [0, 0.05) is 51.2 Å². The van der Waals surface area contributed by atoms with E-state index in [1.54, 1.807) is 0 Å². The summed E-state index contributed by atoms with van der Waals surface area (Å²) in [4.78, 5) is 40.2. The Morgan fingerprint density at radius 3 is 1.75 bits per heavy atom. The Kier molecular flexibility index (Phi) is 9.08. The van der Waals surface area contributed by atoms with Gasteiger partial charge in [-0.15, -0.1) is 0 Å². The molecule has 0 spiro atoms. The summed E-state index contributed by atoms with van der Waals surface area (Å²) in [6.07, 6.45) is 1.76. The molecular weight excluding hydrogens is 379 g/mol. The van der Waals surface area contributed by atoms with Crippen LogP contribution in [-0.4, -0.2) is 113 Å². The molecule has 2 rings (SSSR count). The lowest BCUT2D eigenvalue weighted by Gasteiger charge is -2.36. The van der Waals surface area contributed by atoms with Gasteiger partial charge in [0.25, 0.3) is 0 Å². The first-order chi connectivity index (χ1) is 13.0.